The van der Waals surface area contributed by atoms with E-state index in [1.807, 2.05) is 24.3 Å². The number of methoxy groups -OCH3 is 1. The molecule has 176 valence electrons. The Bertz CT molecular complexity index is 1330. The number of benzene rings is 1. The van der Waals surface area contributed by atoms with E-state index in [2.05, 4.69) is 15.0 Å². The molecular formula is C23H20F3N5O3. The van der Waals surface area contributed by atoms with Gasteiger partial charge in [-0.1, -0.05) is 12.1 Å². The van der Waals surface area contributed by atoms with E-state index in [0.29, 0.717) is 30.7 Å². The van der Waals surface area contributed by atoms with Gasteiger partial charge in [-0.25, -0.2) is 9.50 Å². The molecule has 0 bridgehead atoms. The number of fused-ring (bicyclic) bond motifs is 1. The summed E-state index contributed by atoms with van der Waals surface area (Å²) in [4.78, 5) is 21.3. The number of carbonyl (C=O) groups excluding carboxylic acids is 1. The lowest BCUT2D eigenvalue weighted by atomic mass is 10.2. The first-order valence-corrected chi connectivity index (χ1v) is 10.5. The van der Waals surface area contributed by atoms with Crippen molar-refractivity contribution in [2.75, 3.05) is 38.2 Å². The maximum Gasteiger partial charge on any atom is 0.433 e. The van der Waals surface area contributed by atoms with Gasteiger partial charge < -0.3 is 19.0 Å². The molecule has 1 fully saturated rings. The lowest BCUT2D eigenvalue weighted by Crippen LogP contribution is -2.48. The van der Waals surface area contributed by atoms with Crippen LogP contribution in [-0.2, 0) is 6.18 Å². The minimum atomic E-state index is -4.70. The van der Waals surface area contributed by atoms with Crippen LogP contribution < -0.4 is 9.64 Å². The van der Waals surface area contributed by atoms with Gasteiger partial charge in [0, 0.05) is 26.2 Å². The topological polar surface area (TPSA) is 76.1 Å². The normalized spacial score (nSPS) is 14.6. The van der Waals surface area contributed by atoms with Gasteiger partial charge >= 0.3 is 6.18 Å². The SMILES string of the molecule is COc1ccccc1N1CCN(C(=O)c2cnn3c(C(F)(F)F)cc(-c4ccco4)nc23)CC1. The van der Waals surface area contributed by atoms with E-state index in [-0.39, 0.29) is 22.7 Å². The van der Waals surface area contributed by atoms with Crippen molar-refractivity contribution in [3.05, 3.63) is 66.2 Å². The molecular weight excluding hydrogens is 451 g/mol. The molecule has 0 unspecified atom stereocenters. The summed E-state index contributed by atoms with van der Waals surface area (Å²) in [6.45, 7) is 1.87. The second kappa shape index (κ2) is 8.40. The van der Waals surface area contributed by atoms with E-state index in [1.54, 1.807) is 18.1 Å². The van der Waals surface area contributed by atoms with Crippen molar-refractivity contribution in [1.29, 1.82) is 0 Å². The van der Waals surface area contributed by atoms with Crippen molar-refractivity contribution in [1.82, 2.24) is 19.5 Å². The highest BCUT2D eigenvalue weighted by molar-refractivity contribution is 6.00. The number of hydrogen-bond donors (Lipinski definition) is 0. The number of para-hydroxylation sites is 2. The number of ether oxygens (including phenoxy) is 1. The van der Waals surface area contributed by atoms with Crippen LogP contribution >= 0.6 is 0 Å². The summed E-state index contributed by atoms with van der Waals surface area (Å²) >= 11 is 0. The molecule has 5 rings (SSSR count). The summed E-state index contributed by atoms with van der Waals surface area (Å²) in [5, 5.41) is 3.84. The zero-order valence-electron chi connectivity index (χ0n) is 18.1. The molecule has 11 heteroatoms. The van der Waals surface area contributed by atoms with Crippen LogP contribution in [0.1, 0.15) is 16.1 Å². The van der Waals surface area contributed by atoms with Crippen molar-refractivity contribution in [2.24, 2.45) is 0 Å². The highest BCUT2D eigenvalue weighted by Gasteiger charge is 2.37. The van der Waals surface area contributed by atoms with Crippen LogP contribution in [0.25, 0.3) is 17.1 Å². The number of furan rings is 1. The second-order valence-corrected chi connectivity index (χ2v) is 7.75. The van der Waals surface area contributed by atoms with Gasteiger partial charge in [0.1, 0.15) is 17.0 Å². The largest absolute Gasteiger partial charge is 0.495 e. The van der Waals surface area contributed by atoms with Gasteiger partial charge in [0.25, 0.3) is 5.91 Å². The molecule has 4 heterocycles. The van der Waals surface area contributed by atoms with E-state index >= 15 is 0 Å². The van der Waals surface area contributed by atoms with Crippen LogP contribution in [0.5, 0.6) is 5.75 Å². The Morgan fingerprint density at radius 2 is 1.85 bits per heavy atom. The molecule has 0 aliphatic carbocycles. The van der Waals surface area contributed by atoms with Crippen molar-refractivity contribution in [3.8, 4) is 17.2 Å². The number of nitrogens with zero attached hydrogens (tertiary/aromatic N) is 5. The predicted molar refractivity (Wildman–Crippen MR) is 117 cm³/mol. The van der Waals surface area contributed by atoms with Gasteiger partial charge in [0.2, 0.25) is 0 Å². The van der Waals surface area contributed by atoms with Crippen LogP contribution in [0, 0.1) is 0 Å². The molecule has 1 saturated heterocycles. The molecule has 1 aliphatic heterocycles. The predicted octanol–water partition coefficient (Wildman–Crippen LogP) is 3.98. The number of carbonyl (C=O) groups is 1. The third kappa shape index (κ3) is 3.82. The third-order valence-corrected chi connectivity index (χ3v) is 5.76. The first-order valence-electron chi connectivity index (χ1n) is 10.5. The minimum Gasteiger partial charge on any atom is -0.495 e. The number of piperazine rings is 1. The lowest BCUT2D eigenvalue weighted by Gasteiger charge is -2.36. The first-order chi connectivity index (χ1) is 16.4. The molecule has 0 spiro atoms. The summed E-state index contributed by atoms with van der Waals surface area (Å²) in [5.41, 5.74) is -0.306. The van der Waals surface area contributed by atoms with E-state index in [9.17, 15) is 18.0 Å². The summed E-state index contributed by atoms with van der Waals surface area (Å²) < 4.78 is 52.5. The average molecular weight is 471 g/mol. The fourth-order valence-corrected chi connectivity index (χ4v) is 4.08. The molecule has 3 aromatic heterocycles. The fraction of sp³-hybridized carbons (Fsp3) is 0.261. The molecule has 8 nitrogen and oxygen atoms in total. The summed E-state index contributed by atoms with van der Waals surface area (Å²) in [5.74, 6) is 0.476. The van der Waals surface area contributed by atoms with Crippen LogP contribution in [-0.4, -0.2) is 58.7 Å². The molecule has 0 atom stereocenters. The first kappa shape index (κ1) is 21.8. The Labute approximate surface area is 192 Å². The van der Waals surface area contributed by atoms with E-state index < -0.39 is 17.8 Å². The monoisotopic (exact) mass is 471 g/mol. The third-order valence-electron chi connectivity index (χ3n) is 5.76. The van der Waals surface area contributed by atoms with E-state index in [4.69, 9.17) is 9.15 Å². The zero-order valence-corrected chi connectivity index (χ0v) is 18.1. The zero-order chi connectivity index (χ0) is 23.9. The van der Waals surface area contributed by atoms with Crippen molar-refractivity contribution in [3.63, 3.8) is 0 Å². The van der Waals surface area contributed by atoms with Crippen LogP contribution in [0.3, 0.4) is 0 Å². The maximum atomic E-state index is 13.7. The summed E-state index contributed by atoms with van der Waals surface area (Å²) in [6.07, 6.45) is -2.22. The number of halogens is 3. The molecule has 1 aliphatic rings. The van der Waals surface area contributed by atoms with Gasteiger partial charge in [0.15, 0.2) is 17.1 Å². The number of alkyl halides is 3. The van der Waals surface area contributed by atoms with Gasteiger partial charge in [-0.15, -0.1) is 0 Å². The molecule has 34 heavy (non-hydrogen) atoms. The summed E-state index contributed by atoms with van der Waals surface area (Å²) in [7, 11) is 1.60. The van der Waals surface area contributed by atoms with E-state index in [0.717, 1.165) is 23.7 Å². The van der Waals surface area contributed by atoms with Gasteiger partial charge in [-0.2, -0.15) is 18.3 Å². The van der Waals surface area contributed by atoms with Crippen molar-refractivity contribution >= 4 is 17.2 Å². The number of hydrogen-bond acceptors (Lipinski definition) is 6. The van der Waals surface area contributed by atoms with Crippen LogP contribution in [0.15, 0.2) is 59.3 Å². The minimum absolute atomic E-state index is 0.00430. The molecule has 1 amide bonds. The van der Waals surface area contributed by atoms with Crippen LogP contribution in [0.4, 0.5) is 18.9 Å². The van der Waals surface area contributed by atoms with Crippen molar-refractivity contribution < 1.29 is 27.1 Å². The van der Waals surface area contributed by atoms with Gasteiger partial charge in [0.05, 0.1) is 25.3 Å². The van der Waals surface area contributed by atoms with Gasteiger partial charge in [-0.05, 0) is 30.3 Å². The van der Waals surface area contributed by atoms with E-state index in [1.165, 1.54) is 12.3 Å². The Balaban J connectivity index is 1.44. The van der Waals surface area contributed by atoms with Crippen LogP contribution in [0.2, 0.25) is 0 Å². The lowest BCUT2D eigenvalue weighted by molar-refractivity contribution is -0.142. The maximum absolute atomic E-state index is 13.7. The van der Waals surface area contributed by atoms with Crippen molar-refractivity contribution in [2.45, 2.75) is 6.18 Å². The number of aromatic nitrogens is 3. The Kier molecular flexibility index (Phi) is 5.39. The van der Waals surface area contributed by atoms with Gasteiger partial charge in [-0.3, -0.25) is 4.79 Å². The molecule has 0 saturated carbocycles. The summed E-state index contributed by atoms with van der Waals surface area (Å²) in [6, 6.07) is 11.5. The Morgan fingerprint density at radius 1 is 1.09 bits per heavy atom. The smallest absolute Gasteiger partial charge is 0.433 e. The molecule has 0 radical (unpaired) electrons. The number of amides is 1. The quantitative estimate of drug-likeness (QED) is 0.448. The number of rotatable bonds is 4. The molecule has 1 aromatic carbocycles. The standard InChI is InChI=1S/C23H20F3N5O3/c1-33-19-6-3-2-5-17(19)29-8-10-30(11-9-29)22(32)15-14-27-31-20(23(24,25)26)13-16(28-21(15)31)18-7-4-12-34-18/h2-7,12-14H,8-11H2,1H3. The fourth-order valence-electron chi connectivity index (χ4n) is 4.08. The second-order valence-electron chi connectivity index (χ2n) is 7.75. The molecule has 0 N–H and O–H groups in total. The average Bonchev–Trinajstić information content (AvgIpc) is 3.53. The number of anilines is 1. The Morgan fingerprint density at radius 3 is 2.53 bits per heavy atom. The Hall–Kier alpha value is -4.02. The highest BCUT2D eigenvalue weighted by atomic mass is 19.4. The molecule has 4 aromatic rings. The highest BCUT2D eigenvalue weighted by Crippen LogP contribution is 2.33.